The molecule has 0 bridgehead atoms. The minimum absolute atomic E-state index is 0.0172. The summed E-state index contributed by atoms with van der Waals surface area (Å²) in [6.07, 6.45) is 10.4. The minimum Gasteiger partial charge on any atom is -0.508 e. The Morgan fingerprint density at radius 3 is 2.79 bits per heavy atom. The van der Waals surface area contributed by atoms with E-state index in [4.69, 9.17) is 9.47 Å². The number of aromatic nitrogens is 2. The van der Waals surface area contributed by atoms with Crippen LogP contribution in [0.15, 0.2) is 72.5 Å². The van der Waals surface area contributed by atoms with Gasteiger partial charge in [-0.25, -0.2) is 4.98 Å². The summed E-state index contributed by atoms with van der Waals surface area (Å²) in [4.78, 5) is 32.0. The van der Waals surface area contributed by atoms with E-state index in [1.165, 1.54) is 12.2 Å². The summed E-state index contributed by atoms with van der Waals surface area (Å²) in [7, 11) is 0. The van der Waals surface area contributed by atoms with E-state index < -0.39 is 30.1 Å². The van der Waals surface area contributed by atoms with Crippen LogP contribution in [0.25, 0.3) is 0 Å². The van der Waals surface area contributed by atoms with Crippen LogP contribution in [0.1, 0.15) is 45.4 Å². The fraction of sp³-hybridized carbons (Fsp3) is 0.464. The molecule has 2 rings (SSSR count). The van der Waals surface area contributed by atoms with Gasteiger partial charge in [-0.15, -0.1) is 0 Å². The van der Waals surface area contributed by atoms with E-state index in [-0.39, 0.29) is 24.5 Å². The van der Waals surface area contributed by atoms with Gasteiger partial charge in [0.25, 0.3) is 0 Å². The van der Waals surface area contributed by atoms with Crippen LogP contribution in [0.2, 0.25) is 0 Å². The third-order valence-electron chi connectivity index (χ3n) is 5.84. The van der Waals surface area contributed by atoms with Gasteiger partial charge in [-0.3, -0.25) is 9.59 Å². The highest BCUT2D eigenvalue weighted by atomic mass is 16.5. The van der Waals surface area contributed by atoms with Crippen LogP contribution in [-0.2, 0) is 25.6 Å². The van der Waals surface area contributed by atoms with E-state index >= 15 is 0 Å². The molecule has 0 radical (unpaired) electrons. The Morgan fingerprint density at radius 2 is 2.08 bits per heavy atom. The zero-order valence-electron chi connectivity index (χ0n) is 22.0. The summed E-state index contributed by atoms with van der Waals surface area (Å²) in [5, 5.41) is 33.3. The van der Waals surface area contributed by atoms with Crippen molar-refractivity contribution in [3.8, 4) is 0 Å². The van der Waals surface area contributed by atoms with Crippen molar-refractivity contribution in [2.75, 3.05) is 13.2 Å². The number of unbranched alkanes of at least 4 members (excludes halogenated alkanes) is 1. The van der Waals surface area contributed by atoms with Crippen LogP contribution in [0.4, 0.5) is 0 Å². The third kappa shape index (κ3) is 11.7. The number of ketones is 1. The fourth-order valence-electron chi connectivity index (χ4n) is 3.48. The molecule has 1 aromatic rings. The summed E-state index contributed by atoms with van der Waals surface area (Å²) >= 11 is 0. The Balaban J connectivity index is 2.06. The van der Waals surface area contributed by atoms with Crippen LogP contribution in [-0.4, -0.2) is 68.5 Å². The molecule has 0 fully saturated rings. The molecule has 1 aliphatic rings. The Bertz CT molecular complexity index is 1030. The molecule has 0 saturated heterocycles. The number of imidazole rings is 1. The summed E-state index contributed by atoms with van der Waals surface area (Å²) in [5.74, 6) is -0.445. The number of carbonyl (C=O) groups is 2. The molecule has 208 valence electrons. The predicted molar refractivity (Wildman–Crippen MR) is 143 cm³/mol. The molecule has 1 aliphatic heterocycles. The van der Waals surface area contributed by atoms with Gasteiger partial charge in [0.15, 0.2) is 5.78 Å². The standard InChI is InChI=1S/C28H39N3O7/c1-19-9-10-25(34)28(36)24(33)8-6-7-22(17-27(35)38-21(19)3)16-23(15-20(2)32)37-14-5-4-11-29-18-26-30-12-13-31-26/h6-7,9-10,12-13,15-16,19,21,24,28-29,32-33,36H,2,4-5,8,11,14,17-18H2,1,3H3,(H,30,31)/b7-6+,10-9-,22-16-,23-15+/t19-,21?,24?,28+/m1/s1. The first-order chi connectivity index (χ1) is 18.2. The number of H-pyrrole nitrogens is 1. The Morgan fingerprint density at radius 1 is 1.29 bits per heavy atom. The van der Waals surface area contributed by atoms with E-state index in [1.807, 2.05) is 0 Å². The topological polar surface area (TPSA) is 154 Å². The number of rotatable bonds is 10. The molecule has 5 N–H and O–H groups in total. The second-order valence-corrected chi connectivity index (χ2v) is 9.17. The van der Waals surface area contributed by atoms with Gasteiger partial charge in [0.1, 0.15) is 29.6 Å². The van der Waals surface area contributed by atoms with Crippen LogP contribution in [0.5, 0.6) is 0 Å². The molecule has 38 heavy (non-hydrogen) atoms. The first kappa shape index (κ1) is 30.8. The van der Waals surface area contributed by atoms with Crippen molar-refractivity contribution in [1.82, 2.24) is 15.3 Å². The molecular weight excluding hydrogens is 490 g/mol. The Labute approximate surface area is 223 Å². The van der Waals surface area contributed by atoms with Crippen molar-refractivity contribution >= 4 is 11.8 Å². The van der Waals surface area contributed by atoms with Gasteiger partial charge in [-0.2, -0.15) is 0 Å². The van der Waals surface area contributed by atoms with Crippen molar-refractivity contribution in [3.05, 3.63) is 78.3 Å². The molecule has 2 unspecified atom stereocenters. The fourth-order valence-corrected chi connectivity index (χ4v) is 3.48. The number of ether oxygens (including phenoxy) is 2. The van der Waals surface area contributed by atoms with Crippen molar-refractivity contribution in [2.45, 2.75) is 64.4 Å². The molecule has 0 aromatic carbocycles. The Hall–Kier alpha value is -3.47. The number of aromatic amines is 1. The summed E-state index contributed by atoms with van der Waals surface area (Å²) in [5.41, 5.74) is 0.489. The zero-order valence-corrected chi connectivity index (χ0v) is 22.0. The molecule has 0 spiro atoms. The van der Waals surface area contributed by atoms with Gasteiger partial charge in [0.2, 0.25) is 0 Å². The number of allylic oxidation sites excluding steroid dienone is 3. The van der Waals surface area contributed by atoms with Crippen LogP contribution >= 0.6 is 0 Å². The maximum Gasteiger partial charge on any atom is 0.310 e. The highest BCUT2D eigenvalue weighted by molar-refractivity contribution is 5.93. The third-order valence-corrected chi connectivity index (χ3v) is 5.84. The lowest BCUT2D eigenvalue weighted by Crippen LogP contribution is -2.32. The van der Waals surface area contributed by atoms with Crippen molar-refractivity contribution in [2.24, 2.45) is 5.92 Å². The quantitative estimate of drug-likeness (QED) is 0.133. The number of hydrogen-bond acceptors (Lipinski definition) is 9. The van der Waals surface area contributed by atoms with Gasteiger partial charge in [-0.05, 0) is 50.5 Å². The Kier molecular flexibility index (Phi) is 13.3. The van der Waals surface area contributed by atoms with Gasteiger partial charge in [0.05, 0.1) is 25.7 Å². The van der Waals surface area contributed by atoms with Gasteiger partial charge >= 0.3 is 5.97 Å². The van der Waals surface area contributed by atoms with Crippen LogP contribution in [0, 0.1) is 5.92 Å². The molecule has 10 heteroatoms. The van der Waals surface area contributed by atoms with E-state index in [0.717, 1.165) is 25.2 Å². The van der Waals surface area contributed by atoms with Crippen LogP contribution in [0.3, 0.4) is 0 Å². The molecule has 2 heterocycles. The van der Waals surface area contributed by atoms with E-state index in [9.17, 15) is 24.9 Å². The molecule has 1 aromatic heterocycles. The maximum absolute atomic E-state index is 12.6. The lowest BCUT2D eigenvalue weighted by molar-refractivity contribution is -0.148. The zero-order chi connectivity index (χ0) is 27.9. The van der Waals surface area contributed by atoms with E-state index in [1.54, 1.807) is 50.5 Å². The number of aliphatic hydroxyl groups excluding tert-OH is 3. The first-order valence-corrected chi connectivity index (χ1v) is 12.7. The second kappa shape index (κ2) is 16.4. The highest BCUT2D eigenvalue weighted by Crippen LogP contribution is 2.17. The van der Waals surface area contributed by atoms with Crippen molar-refractivity contribution in [3.63, 3.8) is 0 Å². The number of nitrogens with zero attached hydrogens (tertiary/aromatic N) is 1. The van der Waals surface area contributed by atoms with E-state index in [2.05, 4.69) is 21.9 Å². The largest absolute Gasteiger partial charge is 0.508 e. The molecular formula is C28H39N3O7. The summed E-state index contributed by atoms with van der Waals surface area (Å²) < 4.78 is 11.3. The van der Waals surface area contributed by atoms with Gasteiger partial charge < -0.3 is 35.1 Å². The molecule has 10 nitrogen and oxygen atoms in total. The number of aliphatic hydroxyl groups is 3. The number of hydrogen-bond donors (Lipinski definition) is 5. The average Bonchev–Trinajstić information content (AvgIpc) is 3.38. The lowest BCUT2D eigenvalue weighted by atomic mass is 10.0. The predicted octanol–water partition coefficient (Wildman–Crippen LogP) is 2.94. The number of esters is 1. The van der Waals surface area contributed by atoms with Crippen molar-refractivity contribution < 1.29 is 34.4 Å². The lowest BCUT2D eigenvalue weighted by Gasteiger charge is -2.19. The van der Waals surface area contributed by atoms with Crippen LogP contribution < -0.4 is 5.32 Å². The maximum atomic E-state index is 12.6. The minimum atomic E-state index is -1.57. The molecule has 0 saturated carbocycles. The summed E-state index contributed by atoms with van der Waals surface area (Å²) in [6.45, 7) is 8.76. The molecule has 0 amide bonds. The van der Waals surface area contributed by atoms with E-state index in [0.29, 0.717) is 24.5 Å². The normalized spacial score (nSPS) is 26.4. The number of carbonyl (C=O) groups excluding carboxylic acids is 2. The van der Waals surface area contributed by atoms with Gasteiger partial charge in [0, 0.05) is 24.4 Å². The number of cyclic esters (lactones) is 1. The second-order valence-electron chi connectivity index (χ2n) is 9.17. The van der Waals surface area contributed by atoms with Crippen molar-refractivity contribution in [1.29, 1.82) is 0 Å². The SMILES string of the molecule is C=C(O)\C=C(/C=C1/C=C/CC(O)[C@H](O)C(=O)/C=C\[C@@H](C)C(C)OC(=O)C1)OCCCCNCc1ncc[nH]1. The molecule has 0 aliphatic carbocycles. The first-order valence-electron chi connectivity index (χ1n) is 12.7. The average molecular weight is 530 g/mol. The smallest absolute Gasteiger partial charge is 0.310 e. The van der Waals surface area contributed by atoms with Gasteiger partial charge in [-0.1, -0.05) is 31.7 Å². The monoisotopic (exact) mass is 529 g/mol. The number of nitrogens with one attached hydrogen (secondary N) is 2. The summed E-state index contributed by atoms with van der Waals surface area (Å²) in [6, 6.07) is 0. The highest BCUT2D eigenvalue weighted by Gasteiger charge is 2.23. The molecule has 4 atom stereocenters.